The molecular formula is C16H26O8. The predicted octanol–water partition coefficient (Wildman–Crippen LogP) is 0.0549. The number of fused-ring (bicyclic) bond motifs is 1. The van der Waals surface area contributed by atoms with Crippen LogP contribution in [-0.2, 0) is 23.7 Å². The fourth-order valence-corrected chi connectivity index (χ4v) is 2.91. The number of esters is 1. The molecule has 1 unspecified atom stereocenters. The lowest BCUT2D eigenvalue weighted by Gasteiger charge is -2.52. The zero-order chi connectivity index (χ0) is 18.0. The van der Waals surface area contributed by atoms with Crippen LogP contribution in [0.2, 0.25) is 0 Å². The van der Waals surface area contributed by atoms with E-state index in [4.69, 9.17) is 18.9 Å². The van der Waals surface area contributed by atoms with Crippen LogP contribution < -0.4 is 0 Å². The summed E-state index contributed by atoms with van der Waals surface area (Å²) in [5, 5.41) is 28.6. The lowest BCUT2D eigenvalue weighted by atomic mass is 9.82. The average Bonchev–Trinajstić information content (AvgIpc) is 2.97. The third kappa shape index (κ3) is 2.87. The van der Waals surface area contributed by atoms with Crippen LogP contribution in [0.4, 0.5) is 0 Å². The van der Waals surface area contributed by atoms with Gasteiger partial charge in [0.2, 0.25) is 5.79 Å². The topological polar surface area (TPSA) is 115 Å². The molecule has 1 atom stereocenters. The van der Waals surface area contributed by atoms with Crippen LogP contribution in [0.25, 0.3) is 0 Å². The van der Waals surface area contributed by atoms with Crippen LogP contribution in [0, 0.1) is 5.41 Å². The number of aliphatic hydroxyl groups excluding tert-OH is 3. The summed E-state index contributed by atoms with van der Waals surface area (Å²) in [6.45, 7) is 4.25. The van der Waals surface area contributed by atoms with Crippen molar-refractivity contribution in [3.63, 3.8) is 0 Å². The molecule has 0 aromatic heterocycles. The molecule has 0 aromatic rings. The summed E-state index contributed by atoms with van der Waals surface area (Å²) in [6.07, 6.45) is 1.67. The van der Waals surface area contributed by atoms with Gasteiger partial charge in [-0.25, -0.2) is 4.79 Å². The number of ether oxygens (including phenoxy) is 4. The molecule has 24 heavy (non-hydrogen) atoms. The molecule has 138 valence electrons. The Morgan fingerprint density at radius 2 is 1.92 bits per heavy atom. The number of carbonyl (C=O) groups is 1. The van der Waals surface area contributed by atoms with Crippen LogP contribution in [0.1, 0.15) is 33.6 Å². The second-order valence-electron chi connectivity index (χ2n) is 6.28. The van der Waals surface area contributed by atoms with Gasteiger partial charge in [-0.3, -0.25) is 9.47 Å². The SMILES string of the molecule is CCCOC(=O)/C(C)=C/C12OC(C(CO)(CO)CCO)(OC1C)O2. The van der Waals surface area contributed by atoms with Crippen molar-refractivity contribution in [2.45, 2.75) is 51.5 Å². The van der Waals surface area contributed by atoms with Gasteiger partial charge in [0.15, 0.2) is 0 Å². The Morgan fingerprint density at radius 3 is 2.42 bits per heavy atom. The van der Waals surface area contributed by atoms with Gasteiger partial charge < -0.3 is 24.8 Å². The second-order valence-corrected chi connectivity index (χ2v) is 6.28. The number of hydrogen-bond acceptors (Lipinski definition) is 8. The zero-order valence-corrected chi connectivity index (χ0v) is 14.3. The van der Waals surface area contributed by atoms with E-state index in [0.29, 0.717) is 12.2 Å². The van der Waals surface area contributed by atoms with Gasteiger partial charge in [-0.1, -0.05) is 6.92 Å². The molecule has 3 saturated heterocycles. The normalized spacial score (nSPS) is 32.6. The summed E-state index contributed by atoms with van der Waals surface area (Å²) in [6, 6.07) is 0. The van der Waals surface area contributed by atoms with Gasteiger partial charge in [-0.05, 0) is 32.8 Å². The van der Waals surface area contributed by atoms with Crippen molar-refractivity contribution >= 4 is 5.97 Å². The Morgan fingerprint density at radius 1 is 1.29 bits per heavy atom. The first kappa shape index (κ1) is 19.3. The van der Waals surface area contributed by atoms with Gasteiger partial charge >= 0.3 is 5.97 Å². The molecule has 0 aliphatic carbocycles. The average molecular weight is 346 g/mol. The van der Waals surface area contributed by atoms with Crippen molar-refractivity contribution < 1.29 is 39.1 Å². The lowest BCUT2D eigenvalue weighted by molar-refractivity contribution is -0.534. The minimum absolute atomic E-state index is 0.0318. The molecule has 3 N–H and O–H groups in total. The van der Waals surface area contributed by atoms with Crippen molar-refractivity contribution in [2.75, 3.05) is 26.4 Å². The number of hydrogen-bond donors (Lipinski definition) is 3. The van der Waals surface area contributed by atoms with E-state index in [0.717, 1.165) is 6.42 Å². The maximum absolute atomic E-state index is 11.9. The summed E-state index contributed by atoms with van der Waals surface area (Å²) in [7, 11) is 0. The Bertz CT molecular complexity index is 490. The fraction of sp³-hybridized carbons (Fsp3) is 0.812. The van der Waals surface area contributed by atoms with Crippen LogP contribution in [0.3, 0.4) is 0 Å². The number of rotatable bonds is 9. The van der Waals surface area contributed by atoms with Crippen molar-refractivity contribution in [2.24, 2.45) is 5.41 Å². The minimum atomic E-state index is -1.65. The fourth-order valence-electron chi connectivity index (χ4n) is 2.91. The third-order valence-electron chi connectivity index (χ3n) is 4.51. The summed E-state index contributed by atoms with van der Waals surface area (Å²) >= 11 is 0. The molecule has 3 fully saturated rings. The summed E-state index contributed by atoms with van der Waals surface area (Å²) in [5.41, 5.74) is -0.990. The standard InChI is InChI=1S/C16H26O8/c1-4-7-21-13(20)11(2)8-15-12(3)22-16(23-15,24-15)14(9-18,10-19)5-6-17/h8,12,17-19H,4-7,9-10H2,1-3H3/b11-8+. The molecule has 0 aromatic carbocycles. The van der Waals surface area contributed by atoms with E-state index in [2.05, 4.69) is 0 Å². The first-order chi connectivity index (χ1) is 11.3. The van der Waals surface area contributed by atoms with Crippen molar-refractivity contribution in [1.82, 2.24) is 0 Å². The summed E-state index contributed by atoms with van der Waals surface area (Å²) in [5.74, 6) is -3.40. The Balaban J connectivity index is 2.18. The first-order valence-corrected chi connectivity index (χ1v) is 8.11. The molecule has 0 amide bonds. The number of aliphatic hydroxyl groups is 3. The molecule has 2 bridgehead atoms. The Labute approximate surface area is 141 Å². The van der Waals surface area contributed by atoms with E-state index in [1.807, 2.05) is 6.92 Å². The molecule has 0 radical (unpaired) electrons. The first-order valence-electron chi connectivity index (χ1n) is 8.11. The molecule has 3 aliphatic heterocycles. The van der Waals surface area contributed by atoms with Crippen LogP contribution in [-0.4, -0.2) is 65.6 Å². The van der Waals surface area contributed by atoms with Crippen LogP contribution >= 0.6 is 0 Å². The van der Waals surface area contributed by atoms with Gasteiger partial charge in [0.1, 0.15) is 11.5 Å². The van der Waals surface area contributed by atoms with Gasteiger partial charge in [-0.15, -0.1) is 0 Å². The van der Waals surface area contributed by atoms with Crippen LogP contribution in [0.15, 0.2) is 11.6 Å². The van der Waals surface area contributed by atoms with Gasteiger partial charge in [0.05, 0.1) is 19.8 Å². The highest BCUT2D eigenvalue weighted by atomic mass is 17.1. The lowest BCUT2D eigenvalue weighted by Crippen LogP contribution is -2.66. The van der Waals surface area contributed by atoms with Crippen molar-refractivity contribution in [3.8, 4) is 0 Å². The Hall–Kier alpha value is -1.03. The summed E-state index contributed by atoms with van der Waals surface area (Å²) in [4.78, 5) is 11.9. The molecular weight excluding hydrogens is 320 g/mol. The highest BCUT2D eigenvalue weighted by molar-refractivity contribution is 5.88. The van der Waals surface area contributed by atoms with Gasteiger partial charge in [0.25, 0.3) is 5.97 Å². The van der Waals surface area contributed by atoms with E-state index in [1.54, 1.807) is 13.8 Å². The second kappa shape index (κ2) is 7.07. The minimum Gasteiger partial charge on any atom is -0.462 e. The van der Waals surface area contributed by atoms with E-state index >= 15 is 0 Å². The summed E-state index contributed by atoms with van der Waals surface area (Å²) < 4.78 is 22.4. The predicted molar refractivity (Wildman–Crippen MR) is 81.5 cm³/mol. The van der Waals surface area contributed by atoms with E-state index < -0.39 is 42.5 Å². The van der Waals surface area contributed by atoms with Gasteiger partial charge in [0, 0.05) is 12.2 Å². The van der Waals surface area contributed by atoms with Crippen molar-refractivity contribution in [3.05, 3.63) is 11.6 Å². The third-order valence-corrected chi connectivity index (χ3v) is 4.51. The largest absolute Gasteiger partial charge is 0.462 e. The molecule has 3 rings (SSSR count). The maximum Gasteiger partial charge on any atom is 0.333 e. The monoisotopic (exact) mass is 346 g/mol. The van der Waals surface area contributed by atoms with E-state index in [9.17, 15) is 20.1 Å². The molecule has 3 aliphatic rings. The maximum atomic E-state index is 11.9. The highest BCUT2D eigenvalue weighted by Gasteiger charge is 2.77. The Kier molecular flexibility index (Phi) is 5.68. The van der Waals surface area contributed by atoms with Crippen LogP contribution in [0.5, 0.6) is 0 Å². The van der Waals surface area contributed by atoms with Gasteiger partial charge in [-0.2, -0.15) is 0 Å². The van der Waals surface area contributed by atoms with E-state index in [-0.39, 0.29) is 13.0 Å². The zero-order valence-electron chi connectivity index (χ0n) is 14.3. The molecule has 0 spiro atoms. The molecule has 3 heterocycles. The smallest absolute Gasteiger partial charge is 0.333 e. The van der Waals surface area contributed by atoms with E-state index in [1.165, 1.54) is 6.08 Å². The quantitative estimate of drug-likeness (QED) is 0.396. The molecule has 8 heteroatoms. The molecule has 0 saturated carbocycles. The number of carbonyl (C=O) groups excluding carboxylic acids is 1. The van der Waals surface area contributed by atoms with Crippen molar-refractivity contribution in [1.29, 1.82) is 0 Å². The highest BCUT2D eigenvalue weighted by Crippen LogP contribution is 2.60. The molecule has 8 nitrogen and oxygen atoms in total.